The van der Waals surface area contributed by atoms with Crippen molar-refractivity contribution >= 4 is 12.2 Å². The zero-order valence-electron chi connectivity index (χ0n) is 16.8. The highest BCUT2D eigenvalue weighted by atomic mass is 16.5. The van der Waals surface area contributed by atoms with Gasteiger partial charge in [-0.15, -0.1) is 0 Å². The van der Waals surface area contributed by atoms with Crippen molar-refractivity contribution in [3.8, 4) is 11.8 Å². The molecule has 0 spiro atoms. The second-order valence-corrected chi connectivity index (χ2v) is 7.37. The van der Waals surface area contributed by atoms with Gasteiger partial charge >= 0.3 is 0 Å². The van der Waals surface area contributed by atoms with E-state index in [0.29, 0.717) is 24.5 Å². The fraction of sp³-hybridized carbons (Fsp3) is 0.208. The summed E-state index contributed by atoms with van der Waals surface area (Å²) in [7, 11) is 2.01. The molecule has 6 heteroatoms. The molecule has 3 aromatic rings. The van der Waals surface area contributed by atoms with E-state index in [1.807, 2.05) is 61.7 Å². The van der Waals surface area contributed by atoms with E-state index in [1.54, 1.807) is 6.07 Å². The minimum atomic E-state index is -0.0668. The van der Waals surface area contributed by atoms with Gasteiger partial charge in [0.05, 0.1) is 22.9 Å². The van der Waals surface area contributed by atoms with Crippen molar-refractivity contribution in [2.75, 3.05) is 13.6 Å². The summed E-state index contributed by atoms with van der Waals surface area (Å²) in [6.45, 7) is 1.93. The predicted molar refractivity (Wildman–Crippen MR) is 116 cm³/mol. The molecule has 0 bridgehead atoms. The Kier molecular flexibility index (Phi) is 5.73. The number of aromatic amines is 1. The summed E-state index contributed by atoms with van der Waals surface area (Å²) in [5, 5.41) is 9.00. The molecular weight excluding hydrogens is 376 g/mol. The third kappa shape index (κ3) is 4.65. The molecule has 0 aliphatic carbocycles. The highest BCUT2D eigenvalue weighted by molar-refractivity contribution is 5.67. The third-order valence-corrected chi connectivity index (χ3v) is 5.03. The van der Waals surface area contributed by atoms with Gasteiger partial charge in [-0.25, -0.2) is 4.98 Å². The molecule has 150 valence electrons. The lowest BCUT2D eigenvalue weighted by Crippen LogP contribution is -2.33. The van der Waals surface area contributed by atoms with Gasteiger partial charge in [-0.2, -0.15) is 5.26 Å². The molecule has 0 radical (unpaired) electrons. The van der Waals surface area contributed by atoms with Crippen molar-refractivity contribution in [2.24, 2.45) is 0 Å². The summed E-state index contributed by atoms with van der Waals surface area (Å²) in [5.41, 5.74) is 4.08. The monoisotopic (exact) mass is 398 g/mol. The van der Waals surface area contributed by atoms with E-state index in [-0.39, 0.29) is 5.56 Å². The van der Waals surface area contributed by atoms with Crippen LogP contribution in [0.1, 0.15) is 33.8 Å². The number of aromatic nitrogens is 2. The van der Waals surface area contributed by atoms with Crippen LogP contribution in [0.4, 0.5) is 0 Å². The summed E-state index contributed by atoms with van der Waals surface area (Å²) in [5.74, 6) is 1.29. The van der Waals surface area contributed by atoms with Crippen LogP contribution in [0, 0.1) is 11.3 Å². The standard InChI is InChI=1S/C24H22N4O2/c1-28-11-10-22-21(15-28)24(29)27-23(26-22)9-8-17-4-3-7-20(13-17)30-16-19-6-2-5-18(12-19)14-25/h2-9,12-13H,10-11,15-16H2,1H3,(H,26,27,29). The summed E-state index contributed by atoms with van der Waals surface area (Å²) in [6.07, 6.45) is 4.51. The van der Waals surface area contributed by atoms with E-state index >= 15 is 0 Å². The van der Waals surface area contributed by atoms with Crippen molar-refractivity contribution < 1.29 is 4.74 Å². The molecule has 2 heterocycles. The molecule has 6 nitrogen and oxygen atoms in total. The molecule has 0 fully saturated rings. The topological polar surface area (TPSA) is 82.0 Å². The van der Waals surface area contributed by atoms with E-state index in [2.05, 4.69) is 20.9 Å². The first-order chi connectivity index (χ1) is 14.6. The van der Waals surface area contributed by atoms with Gasteiger partial charge in [-0.3, -0.25) is 4.79 Å². The van der Waals surface area contributed by atoms with Gasteiger partial charge < -0.3 is 14.6 Å². The number of benzene rings is 2. The first-order valence-electron chi connectivity index (χ1n) is 9.81. The van der Waals surface area contributed by atoms with Crippen LogP contribution in [0.15, 0.2) is 53.3 Å². The summed E-state index contributed by atoms with van der Waals surface area (Å²) >= 11 is 0. The smallest absolute Gasteiger partial charge is 0.255 e. The van der Waals surface area contributed by atoms with Gasteiger partial charge in [0.15, 0.2) is 0 Å². The normalized spacial score (nSPS) is 13.7. The molecule has 1 aliphatic heterocycles. The number of ether oxygens (including phenoxy) is 1. The van der Waals surface area contributed by atoms with Crippen LogP contribution in [0.2, 0.25) is 0 Å². The lowest BCUT2D eigenvalue weighted by Gasteiger charge is -2.23. The van der Waals surface area contributed by atoms with Gasteiger partial charge in [-0.05, 0) is 48.5 Å². The Bertz CT molecular complexity index is 1190. The largest absolute Gasteiger partial charge is 0.489 e. The SMILES string of the molecule is CN1CCc2nc(C=Cc3cccc(OCc4cccc(C#N)c4)c3)[nH]c(=O)c2C1. The van der Waals surface area contributed by atoms with Crippen LogP contribution < -0.4 is 10.3 Å². The number of nitriles is 1. The number of nitrogens with zero attached hydrogens (tertiary/aromatic N) is 3. The van der Waals surface area contributed by atoms with Gasteiger partial charge in [0.2, 0.25) is 0 Å². The summed E-state index contributed by atoms with van der Waals surface area (Å²) in [6, 6.07) is 17.2. The highest BCUT2D eigenvalue weighted by Gasteiger charge is 2.18. The third-order valence-electron chi connectivity index (χ3n) is 5.03. The van der Waals surface area contributed by atoms with Crippen molar-refractivity contribution in [3.63, 3.8) is 0 Å². The molecule has 0 atom stereocenters. The van der Waals surface area contributed by atoms with Gasteiger partial charge in [0, 0.05) is 19.5 Å². The zero-order chi connectivity index (χ0) is 20.9. The molecule has 0 saturated heterocycles. The zero-order valence-corrected chi connectivity index (χ0v) is 16.8. The molecule has 0 unspecified atom stereocenters. The number of likely N-dealkylation sites (N-methyl/N-ethyl adjacent to an activating group) is 1. The van der Waals surface area contributed by atoms with Crippen LogP contribution in [0.3, 0.4) is 0 Å². The molecule has 4 rings (SSSR count). The predicted octanol–water partition coefficient (Wildman–Crippen LogP) is 3.38. The second-order valence-electron chi connectivity index (χ2n) is 7.37. The molecule has 1 N–H and O–H groups in total. The Hall–Kier alpha value is -3.69. The number of hydrogen-bond acceptors (Lipinski definition) is 5. The number of nitrogens with one attached hydrogen (secondary N) is 1. The fourth-order valence-corrected chi connectivity index (χ4v) is 3.44. The number of fused-ring (bicyclic) bond motifs is 1. The van der Waals surface area contributed by atoms with Crippen molar-refractivity contribution in [1.29, 1.82) is 5.26 Å². The Morgan fingerprint density at radius 1 is 1.23 bits per heavy atom. The average Bonchev–Trinajstić information content (AvgIpc) is 2.77. The van der Waals surface area contributed by atoms with E-state index in [0.717, 1.165) is 41.1 Å². The van der Waals surface area contributed by atoms with Crippen LogP contribution in [0.5, 0.6) is 5.75 Å². The fourth-order valence-electron chi connectivity index (χ4n) is 3.44. The summed E-state index contributed by atoms with van der Waals surface area (Å²) < 4.78 is 5.87. The molecule has 30 heavy (non-hydrogen) atoms. The van der Waals surface area contributed by atoms with Gasteiger partial charge in [0.25, 0.3) is 5.56 Å². The van der Waals surface area contributed by atoms with Crippen molar-refractivity contribution in [1.82, 2.24) is 14.9 Å². The van der Waals surface area contributed by atoms with Crippen LogP contribution in [-0.4, -0.2) is 28.5 Å². The molecule has 0 saturated carbocycles. The van der Waals surface area contributed by atoms with Crippen molar-refractivity contribution in [2.45, 2.75) is 19.6 Å². The van der Waals surface area contributed by atoms with Crippen LogP contribution in [0.25, 0.3) is 12.2 Å². The Morgan fingerprint density at radius 3 is 2.97 bits per heavy atom. The summed E-state index contributed by atoms with van der Waals surface area (Å²) in [4.78, 5) is 22.0. The minimum Gasteiger partial charge on any atom is -0.489 e. The maximum Gasteiger partial charge on any atom is 0.255 e. The maximum atomic E-state index is 12.4. The Balaban J connectivity index is 1.47. The molecular formula is C24H22N4O2. The van der Waals surface area contributed by atoms with E-state index in [9.17, 15) is 4.79 Å². The lowest BCUT2D eigenvalue weighted by atomic mass is 10.1. The highest BCUT2D eigenvalue weighted by Crippen LogP contribution is 2.18. The van der Waals surface area contributed by atoms with Gasteiger partial charge in [0.1, 0.15) is 18.2 Å². The lowest BCUT2D eigenvalue weighted by molar-refractivity contribution is 0.306. The molecule has 0 amide bonds. The minimum absolute atomic E-state index is 0.0668. The molecule has 2 aromatic carbocycles. The molecule has 1 aliphatic rings. The first kappa shape index (κ1) is 19.6. The van der Waals surface area contributed by atoms with E-state index in [1.165, 1.54) is 0 Å². The van der Waals surface area contributed by atoms with Crippen LogP contribution in [-0.2, 0) is 19.6 Å². The average molecular weight is 398 g/mol. The Labute approximate surface area is 175 Å². The number of H-pyrrole nitrogens is 1. The maximum absolute atomic E-state index is 12.4. The van der Waals surface area contributed by atoms with E-state index < -0.39 is 0 Å². The number of hydrogen-bond donors (Lipinski definition) is 1. The van der Waals surface area contributed by atoms with E-state index in [4.69, 9.17) is 10.00 Å². The van der Waals surface area contributed by atoms with Crippen LogP contribution >= 0.6 is 0 Å². The quantitative estimate of drug-likeness (QED) is 0.713. The molecule has 1 aromatic heterocycles. The number of rotatable bonds is 5. The second kappa shape index (κ2) is 8.76. The first-order valence-corrected chi connectivity index (χ1v) is 9.81. The van der Waals surface area contributed by atoms with Crippen molar-refractivity contribution in [3.05, 3.63) is 92.7 Å². The van der Waals surface area contributed by atoms with Gasteiger partial charge in [-0.1, -0.05) is 30.3 Å². The Morgan fingerprint density at radius 2 is 2.10 bits per heavy atom.